The molecule has 3 heterocycles. The van der Waals surface area contributed by atoms with E-state index in [1.54, 1.807) is 17.6 Å². The van der Waals surface area contributed by atoms with Gasteiger partial charge < -0.3 is 9.84 Å². The zero-order valence-electron chi connectivity index (χ0n) is 11.7. The van der Waals surface area contributed by atoms with E-state index in [0.29, 0.717) is 0 Å². The fourth-order valence-electron chi connectivity index (χ4n) is 2.65. The van der Waals surface area contributed by atoms with Gasteiger partial charge in [0.1, 0.15) is 6.26 Å². The van der Waals surface area contributed by atoms with Crippen LogP contribution in [0.5, 0.6) is 0 Å². The Morgan fingerprint density at radius 1 is 1.50 bits per heavy atom. The first kappa shape index (κ1) is 13.7. The van der Waals surface area contributed by atoms with E-state index < -0.39 is 0 Å². The summed E-state index contributed by atoms with van der Waals surface area (Å²) in [5.41, 5.74) is 4.07. The van der Waals surface area contributed by atoms with E-state index in [1.165, 1.54) is 11.3 Å². The van der Waals surface area contributed by atoms with Crippen molar-refractivity contribution in [2.75, 3.05) is 19.6 Å². The van der Waals surface area contributed by atoms with Crippen LogP contribution in [-0.2, 0) is 13.1 Å². The van der Waals surface area contributed by atoms with E-state index in [4.69, 9.17) is 4.52 Å². The summed E-state index contributed by atoms with van der Waals surface area (Å²) in [6.45, 7) is 7.22. The monoisotopic (exact) mass is 292 g/mol. The minimum Gasteiger partial charge on any atom is -0.364 e. The molecule has 0 amide bonds. The molecule has 0 aliphatic carbocycles. The predicted octanol–water partition coefficient (Wildman–Crippen LogP) is 2.05. The first-order valence-electron chi connectivity index (χ1n) is 7.02. The number of rotatable bonds is 6. The zero-order valence-corrected chi connectivity index (χ0v) is 12.5. The van der Waals surface area contributed by atoms with E-state index in [2.05, 4.69) is 27.3 Å². The number of hydrogen-bond donors (Lipinski definition) is 1. The van der Waals surface area contributed by atoms with Gasteiger partial charge in [-0.1, -0.05) is 5.16 Å². The number of aromatic nitrogens is 2. The molecule has 2 aromatic rings. The van der Waals surface area contributed by atoms with Crippen LogP contribution in [0.3, 0.4) is 0 Å². The van der Waals surface area contributed by atoms with Gasteiger partial charge in [-0.05, 0) is 32.4 Å². The topological polar surface area (TPSA) is 54.2 Å². The molecule has 2 aromatic heterocycles. The van der Waals surface area contributed by atoms with E-state index in [0.717, 1.165) is 50.0 Å². The van der Waals surface area contributed by atoms with Crippen molar-refractivity contribution in [2.24, 2.45) is 5.92 Å². The Balaban J connectivity index is 1.67. The lowest BCUT2D eigenvalue weighted by Crippen LogP contribution is -2.30. The minimum absolute atomic E-state index is 0.732. The van der Waals surface area contributed by atoms with Crippen molar-refractivity contribution in [1.29, 1.82) is 0 Å². The number of nitrogens with one attached hydrogen (secondary N) is 1. The quantitative estimate of drug-likeness (QED) is 0.883. The van der Waals surface area contributed by atoms with Crippen molar-refractivity contribution >= 4 is 11.3 Å². The molecule has 1 N–H and O–H groups in total. The molecule has 6 heteroatoms. The molecule has 20 heavy (non-hydrogen) atoms. The smallest absolute Gasteiger partial charge is 0.124 e. The van der Waals surface area contributed by atoms with Crippen LogP contribution in [0.25, 0.3) is 0 Å². The van der Waals surface area contributed by atoms with Gasteiger partial charge in [0.15, 0.2) is 0 Å². The van der Waals surface area contributed by atoms with Gasteiger partial charge >= 0.3 is 0 Å². The minimum atomic E-state index is 0.732. The number of hydrogen-bond acceptors (Lipinski definition) is 6. The van der Waals surface area contributed by atoms with E-state index in [-0.39, 0.29) is 0 Å². The van der Waals surface area contributed by atoms with Crippen LogP contribution in [0.1, 0.15) is 22.7 Å². The van der Waals surface area contributed by atoms with Gasteiger partial charge in [-0.3, -0.25) is 4.90 Å². The second-order valence-corrected chi connectivity index (χ2v) is 6.32. The van der Waals surface area contributed by atoms with Crippen molar-refractivity contribution < 1.29 is 4.52 Å². The van der Waals surface area contributed by atoms with Crippen LogP contribution in [-0.4, -0.2) is 34.7 Å². The molecule has 1 fully saturated rings. The number of thiazole rings is 1. The van der Waals surface area contributed by atoms with E-state index in [1.807, 2.05) is 11.6 Å². The molecule has 1 atom stereocenters. The van der Waals surface area contributed by atoms with Gasteiger partial charge in [0, 0.05) is 30.6 Å². The highest BCUT2D eigenvalue weighted by Crippen LogP contribution is 2.19. The van der Waals surface area contributed by atoms with Gasteiger partial charge in [0.25, 0.3) is 0 Å². The van der Waals surface area contributed by atoms with Crippen LogP contribution < -0.4 is 5.32 Å². The average molecular weight is 292 g/mol. The lowest BCUT2D eigenvalue weighted by Gasteiger charge is -2.23. The fourth-order valence-corrected chi connectivity index (χ4v) is 3.47. The highest BCUT2D eigenvalue weighted by Gasteiger charge is 2.20. The summed E-state index contributed by atoms with van der Waals surface area (Å²) >= 11 is 1.74. The Morgan fingerprint density at radius 3 is 3.10 bits per heavy atom. The molecule has 0 saturated carbocycles. The normalized spacial score (nSPS) is 19.0. The van der Waals surface area contributed by atoms with Crippen LogP contribution >= 0.6 is 11.3 Å². The molecule has 0 bridgehead atoms. The number of nitrogens with zero attached hydrogens (tertiary/aromatic N) is 3. The van der Waals surface area contributed by atoms with Gasteiger partial charge in [-0.25, -0.2) is 4.98 Å². The molecule has 1 aliphatic heterocycles. The Morgan fingerprint density at radius 2 is 2.45 bits per heavy atom. The summed E-state index contributed by atoms with van der Waals surface area (Å²) in [6.07, 6.45) is 2.90. The standard InChI is InChI=1S/C14H20N4OS/c1-11-14(20-10-16-11)9-18(7-12-2-4-15-6-12)8-13-3-5-19-17-13/h3,5,10,12,15H,2,4,6-9H2,1H3. The third kappa shape index (κ3) is 3.45. The predicted molar refractivity (Wildman–Crippen MR) is 78.4 cm³/mol. The molecule has 5 nitrogen and oxygen atoms in total. The Labute approximate surface area is 123 Å². The highest BCUT2D eigenvalue weighted by atomic mass is 32.1. The SMILES string of the molecule is Cc1ncsc1CN(Cc1ccon1)CC1CCNC1. The zero-order chi connectivity index (χ0) is 13.8. The van der Waals surface area contributed by atoms with Gasteiger partial charge in [-0.2, -0.15) is 0 Å². The maximum absolute atomic E-state index is 4.95. The van der Waals surface area contributed by atoms with Gasteiger partial charge in [0.2, 0.25) is 0 Å². The summed E-state index contributed by atoms with van der Waals surface area (Å²) in [5, 5.41) is 7.47. The molecular formula is C14H20N4OS. The van der Waals surface area contributed by atoms with Crippen LogP contribution in [0.2, 0.25) is 0 Å². The molecule has 1 saturated heterocycles. The van der Waals surface area contributed by atoms with Crippen molar-refractivity contribution in [3.63, 3.8) is 0 Å². The lowest BCUT2D eigenvalue weighted by atomic mass is 10.1. The van der Waals surface area contributed by atoms with E-state index >= 15 is 0 Å². The van der Waals surface area contributed by atoms with Crippen LogP contribution in [0, 0.1) is 12.8 Å². The lowest BCUT2D eigenvalue weighted by molar-refractivity contribution is 0.216. The molecular weight excluding hydrogens is 272 g/mol. The maximum atomic E-state index is 4.95. The van der Waals surface area contributed by atoms with Crippen LogP contribution in [0.15, 0.2) is 22.4 Å². The summed E-state index contributed by atoms with van der Waals surface area (Å²) < 4.78 is 4.95. The van der Waals surface area contributed by atoms with Crippen molar-refractivity contribution in [2.45, 2.75) is 26.4 Å². The third-order valence-corrected chi connectivity index (χ3v) is 4.69. The average Bonchev–Trinajstić information content (AvgIpc) is 3.15. The van der Waals surface area contributed by atoms with E-state index in [9.17, 15) is 0 Å². The summed E-state index contributed by atoms with van der Waals surface area (Å²) in [6, 6.07) is 1.94. The van der Waals surface area contributed by atoms with Gasteiger partial charge in [-0.15, -0.1) is 11.3 Å². The highest BCUT2D eigenvalue weighted by molar-refractivity contribution is 7.09. The molecule has 0 aromatic carbocycles. The van der Waals surface area contributed by atoms with Crippen molar-refractivity contribution in [1.82, 2.24) is 20.4 Å². The molecule has 0 spiro atoms. The summed E-state index contributed by atoms with van der Waals surface area (Å²) in [5.74, 6) is 0.732. The number of aryl methyl sites for hydroxylation is 1. The largest absolute Gasteiger partial charge is 0.364 e. The second-order valence-electron chi connectivity index (χ2n) is 5.38. The first-order chi connectivity index (χ1) is 9.81. The molecule has 0 radical (unpaired) electrons. The summed E-state index contributed by atoms with van der Waals surface area (Å²) in [4.78, 5) is 8.15. The third-order valence-electron chi connectivity index (χ3n) is 3.77. The molecule has 1 unspecified atom stereocenters. The molecule has 1 aliphatic rings. The fraction of sp³-hybridized carbons (Fsp3) is 0.571. The van der Waals surface area contributed by atoms with Crippen LogP contribution in [0.4, 0.5) is 0 Å². The van der Waals surface area contributed by atoms with Gasteiger partial charge in [0.05, 0.1) is 16.9 Å². The molecule has 3 rings (SSSR count). The maximum Gasteiger partial charge on any atom is 0.124 e. The Hall–Kier alpha value is -1.24. The summed E-state index contributed by atoms with van der Waals surface area (Å²) in [7, 11) is 0. The Kier molecular flexibility index (Phi) is 4.44. The Bertz CT molecular complexity index is 519. The first-order valence-corrected chi connectivity index (χ1v) is 7.90. The van der Waals surface area contributed by atoms with Crippen molar-refractivity contribution in [3.8, 4) is 0 Å². The second kappa shape index (κ2) is 6.47. The molecule has 108 valence electrons. The van der Waals surface area contributed by atoms with Crippen molar-refractivity contribution in [3.05, 3.63) is 34.1 Å².